The third-order valence-electron chi connectivity index (χ3n) is 3.49. The standard InChI is InChI=1S/C12H21N5O2S/c1-13-8-11-3-6-17(7-4-11)20(18,19)16-9-12-2-5-14-10-15-12/h2,5,10-11,13,16H,3-4,6-9H2,1H3. The van der Waals surface area contributed by atoms with Crippen molar-refractivity contribution in [1.29, 1.82) is 0 Å². The van der Waals surface area contributed by atoms with Crippen molar-refractivity contribution in [2.24, 2.45) is 5.92 Å². The summed E-state index contributed by atoms with van der Waals surface area (Å²) in [6.45, 7) is 2.29. The number of nitrogens with one attached hydrogen (secondary N) is 2. The van der Waals surface area contributed by atoms with Crippen molar-refractivity contribution in [2.75, 3.05) is 26.7 Å². The predicted molar refractivity (Wildman–Crippen MR) is 76.0 cm³/mol. The van der Waals surface area contributed by atoms with Gasteiger partial charge in [-0.2, -0.15) is 17.4 Å². The van der Waals surface area contributed by atoms with E-state index < -0.39 is 10.2 Å². The largest absolute Gasteiger partial charge is 0.319 e. The van der Waals surface area contributed by atoms with Gasteiger partial charge in [-0.05, 0) is 38.4 Å². The highest BCUT2D eigenvalue weighted by atomic mass is 32.2. The zero-order valence-corrected chi connectivity index (χ0v) is 12.4. The van der Waals surface area contributed by atoms with Gasteiger partial charge in [-0.15, -0.1) is 0 Å². The third kappa shape index (κ3) is 4.20. The third-order valence-corrected chi connectivity index (χ3v) is 5.04. The van der Waals surface area contributed by atoms with E-state index in [1.807, 2.05) is 7.05 Å². The summed E-state index contributed by atoms with van der Waals surface area (Å²) < 4.78 is 28.5. The van der Waals surface area contributed by atoms with Crippen molar-refractivity contribution < 1.29 is 8.42 Å². The molecule has 1 aromatic rings. The van der Waals surface area contributed by atoms with Gasteiger partial charge < -0.3 is 5.32 Å². The first-order chi connectivity index (χ1) is 9.62. The van der Waals surface area contributed by atoms with Crippen molar-refractivity contribution in [3.8, 4) is 0 Å². The number of nitrogens with zero attached hydrogens (tertiary/aromatic N) is 3. The normalized spacial score (nSPS) is 18.2. The zero-order valence-electron chi connectivity index (χ0n) is 11.6. The van der Waals surface area contributed by atoms with E-state index in [0.717, 1.165) is 19.4 Å². The summed E-state index contributed by atoms with van der Waals surface area (Å²) in [7, 11) is -1.49. The molecule has 8 heteroatoms. The fourth-order valence-corrected chi connectivity index (χ4v) is 3.53. The molecule has 1 fully saturated rings. The Bertz CT molecular complexity index is 500. The highest BCUT2D eigenvalue weighted by Crippen LogP contribution is 2.18. The van der Waals surface area contributed by atoms with E-state index in [2.05, 4.69) is 20.0 Å². The molecule has 0 saturated carbocycles. The summed E-state index contributed by atoms with van der Waals surface area (Å²) in [5.41, 5.74) is 0.661. The van der Waals surface area contributed by atoms with E-state index in [-0.39, 0.29) is 6.54 Å². The van der Waals surface area contributed by atoms with Crippen LogP contribution in [0.15, 0.2) is 18.6 Å². The van der Waals surface area contributed by atoms with Crippen LogP contribution in [0.5, 0.6) is 0 Å². The topological polar surface area (TPSA) is 87.2 Å². The first kappa shape index (κ1) is 15.3. The van der Waals surface area contributed by atoms with Crippen LogP contribution < -0.4 is 10.0 Å². The van der Waals surface area contributed by atoms with E-state index in [1.54, 1.807) is 12.3 Å². The Balaban J connectivity index is 1.85. The van der Waals surface area contributed by atoms with Crippen LogP contribution in [0.4, 0.5) is 0 Å². The van der Waals surface area contributed by atoms with Crippen LogP contribution in [-0.4, -0.2) is 49.4 Å². The van der Waals surface area contributed by atoms with E-state index >= 15 is 0 Å². The van der Waals surface area contributed by atoms with Crippen LogP contribution >= 0.6 is 0 Å². The molecule has 1 aromatic heterocycles. The molecule has 0 aliphatic carbocycles. The Morgan fingerprint density at radius 3 is 2.75 bits per heavy atom. The van der Waals surface area contributed by atoms with Crippen LogP contribution in [0.25, 0.3) is 0 Å². The molecule has 1 saturated heterocycles. The minimum atomic E-state index is -3.42. The first-order valence-corrected chi connectivity index (χ1v) is 8.20. The van der Waals surface area contributed by atoms with E-state index in [9.17, 15) is 8.42 Å². The molecular formula is C12H21N5O2S. The smallest absolute Gasteiger partial charge is 0.279 e. The molecule has 0 bridgehead atoms. The monoisotopic (exact) mass is 299 g/mol. The van der Waals surface area contributed by atoms with Gasteiger partial charge in [-0.1, -0.05) is 0 Å². The van der Waals surface area contributed by atoms with Crippen LogP contribution in [0.3, 0.4) is 0 Å². The van der Waals surface area contributed by atoms with Gasteiger partial charge >= 0.3 is 0 Å². The SMILES string of the molecule is CNCC1CCN(S(=O)(=O)NCc2ccncn2)CC1. The van der Waals surface area contributed by atoms with Crippen molar-refractivity contribution in [3.63, 3.8) is 0 Å². The van der Waals surface area contributed by atoms with Gasteiger partial charge in [0.15, 0.2) is 0 Å². The van der Waals surface area contributed by atoms with Gasteiger partial charge in [0.25, 0.3) is 10.2 Å². The molecule has 112 valence electrons. The Hall–Kier alpha value is -1.09. The zero-order chi connectivity index (χ0) is 14.4. The average Bonchev–Trinajstić information content (AvgIpc) is 2.47. The van der Waals surface area contributed by atoms with E-state index in [0.29, 0.717) is 24.7 Å². The van der Waals surface area contributed by atoms with Gasteiger partial charge in [-0.3, -0.25) is 0 Å². The first-order valence-electron chi connectivity index (χ1n) is 6.76. The molecule has 2 N–H and O–H groups in total. The van der Waals surface area contributed by atoms with Gasteiger partial charge in [0.05, 0.1) is 12.2 Å². The molecule has 1 aliphatic rings. The van der Waals surface area contributed by atoms with Gasteiger partial charge in [0.1, 0.15) is 6.33 Å². The van der Waals surface area contributed by atoms with Crippen molar-refractivity contribution in [3.05, 3.63) is 24.3 Å². The molecule has 2 rings (SSSR count). The molecule has 0 amide bonds. The molecule has 1 aliphatic heterocycles. The predicted octanol–water partition coefficient (Wildman–Crippen LogP) is -0.258. The molecule has 0 atom stereocenters. The lowest BCUT2D eigenvalue weighted by atomic mass is 9.98. The molecule has 0 radical (unpaired) electrons. The van der Waals surface area contributed by atoms with Crippen LogP contribution in [-0.2, 0) is 16.8 Å². The molecule has 2 heterocycles. The van der Waals surface area contributed by atoms with Crippen LogP contribution in [0.1, 0.15) is 18.5 Å². The second-order valence-electron chi connectivity index (χ2n) is 4.93. The van der Waals surface area contributed by atoms with Gasteiger partial charge in [-0.25, -0.2) is 9.97 Å². The Morgan fingerprint density at radius 1 is 1.40 bits per heavy atom. The van der Waals surface area contributed by atoms with Crippen LogP contribution in [0, 0.1) is 5.92 Å². The van der Waals surface area contributed by atoms with E-state index in [1.165, 1.54) is 10.6 Å². The minimum absolute atomic E-state index is 0.196. The summed E-state index contributed by atoms with van der Waals surface area (Å²) in [5, 5.41) is 3.14. The molecule has 0 spiro atoms. The summed E-state index contributed by atoms with van der Waals surface area (Å²) in [4.78, 5) is 7.80. The molecule has 20 heavy (non-hydrogen) atoms. The van der Waals surface area contributed by atoms with Crippen molar-refractivity contribution in [2.45, 2.75) is 19.4 Å². The highest BCUT2D eigenvalue weighted by molar-refractivity contribution is 7.87. The number of hydrogen-bond donors (Lipinski definition) is 2. The quantitative estimate of drug-likeness (QED) is 0.756. The summed E-state index contributed by atoms with van der Waals surface area (Å²) in [6.07, 6.45) is 4.80. The molecular weight excluding hydrogens is 278 g/mol. The number of piperidine rings is 1. The number of hydrogen-bond acceptors (Lipinski definition) is 5. The molecule has 0 aromatic carbocycles. The maximum atomic E-state index is 12.2. The molecule has 0 unspecified atom stereocenters. The fraction of sp³-hybridized carbons (Fsp3) is 0.667. The summed E-state index contributed by atoms with van der Waals surface area (Å²) in [5.74, 6) is 0.563. The summed E-state index contributed by atoms with van der Waals surface area (Å²) in [6, 6.07) is 1.70. The van der Waals surface area contributed by atoms with Crippen LogP contribution in [0.2, 0.25) is 0 Å². The average molecular weight is 299 g/mol. The maximum absolute atomic E-state index is 12.2. The van der Waals surface area contributed by atoms with Gasteiger partial charge in [0.2, 0.25) is 0 Å². The fourth-order valence-electron chi connectivity index (χ4n) is 2.32. The van der Waals surface area contributed by atoms with Crippen molar-refractivity contribution in [1.82, 2.24) is 24.3 Å². The second kappa shape index (κ2) is 7.07. The van der Waals surface area contributed by atoms with Gasteiger partial charge in [0, 0.05) is 19.3 Å². The summed E-state index contributed by atoms with van der Waals surface area (Å²) >= 11 is 0. The lowest BCUT2D eigenvalue weighted by molar-refractivity contribution is 0.268. The number of aromatic nitrogens is 2. The Morgan fingerprint density at radius 2 is 2.15 bits per heavy atom. The van der Waals surface area contributed by atoms with Crippen molar-refractivity contribution >= 4 is 10.2 Å². The Kier molecular flexibility index (Phi) is 5.41. The second-order valence-corrected chi connectivity index (χ2v) is 6.68. The van der Waals surface area contributed by atoms with E-state index in [4.69, 9.17) is 0 Å². The lowest BCUT2D eigenvalue weighted by Gasteiger charge is -2.31. The Labute approximate surface area is 120 Å². The maximum Gasteiger partial charge on any atom is 0.279 e. The minimum Gasteiger partial charge on any atom is -0.319 e. The molecule has 7 nitrogen and oxygen atoms in total. The number of rotatable bonds is 6. The highest BCUT2D eigenvalue weighted by Gasteiger charge is 2.27. The lowest BCUT2D eigenvalue weighted by Crippen LogP contribution is -2.45.